The molecule has 0 aromatic heterocycles. The Labute approximate surface area is 87.0 Å². The van der Waals surface area contributed by atoms with E-state index < -0.39 is 12.0 Å². The summed E-state index contributed by atoms with van der Waals surface area (Å²) in [6.07, 6.45) is 4.38. The third-order valence-electron chi connectivity index (χ3n) is 1.74. The van der Waals surface area contributed by atoms with Crippen LogP contribution >= 0.6 is 0 Å². The van der Waals surface area contributed by atoms with E-state index in [1.807, 2.05) is 0 Å². The van der Waals surface area contributed by atoms with Gasteiger partial charge in [0, 0.05) is 0 Å². The summed E-state index contributed by atoms with van der Waals surface area (Å²) in [5.41, 5.74) is 0. The maximum absolute atomic E-state index is 11.0. The van der Waals surface area contributed by atoms with E-state index in [4.69, 9.17) is 0 Å². The summed E-state index contributed by atoms with van der Waals surface area (Å²) in [4.78, 5) is 37.4. The van der Waals surface area contributed by atoms with Crippen molar-refractivity contribution >= 4 is 18.1 Å². The van der Waals surface area contributed by atoms with E-state index in [-0.39, 0.29) is 0 Å². The fourth-order valence-corrected chi connectivity index (χ4v) is 1.01. The molecule has 82 valence electrons. The quantitative estimate of drug-likeness (QED) is 0.264. The molecule has 0 bridgehead atoms. The first-order valence-electron chi connectivity index (χ1n) is 4.44. The molecule has 0 saturated heterocycles. The van der Waals surface area contributed by atoms with E-state index in [0.717, 1.165) is 0 Å². The largest absolute Gasteiger partial charge is 0.467 e. The molecular weight excluding hydrogens is 200 g/mol. The van der Waals surface area contributed by atoms with Crippen LogP contribution in [0, 0.1) is 0 Å². The topological polar surface area (TPSA) is 85.2 Å². The lowest BCUT2D eigenvalue weighted by molar-refractivity contribution is -0.142. The Morgan fingerprint density at radius 1 is 1.33 bits per heavy atom. The molecule has 15 heavy (non-hydrogen) atoms. The van der Waals surface area contributed by atoms with Crippen LogP contribution in [-0.4, -0.2) is 37.8 Å². The number of methoxy groups -OCH3 is 1. The average molecular weight is 212 g/mol. The van der Waals surface area contributed by atoms with Gasteiger partial charge in [-0.25, -0.2) is 19.4 Å². The molecule has 0 saturated carbocycles. The third kappa shape index (κ3) is 6.32. The number of ether oxygens (including phenoxy) is 1. The molecule has 0 fully saturated rings. The van der Waals surface area contributed by atoms with E-state index in [2.05, 4.69) is 14.7 Å². The first-order valence-corrected chi connectivity index (χ1v) is 4.44. The number of carbonyl (C=O) groups excluding carboxylic acids is 3. The van der Waals surface area contributed by atoms with Crippen LogP contribution in [0.5, 0.6) is 0 Å². The zero-order chi connectivity index (χ0) is 11.5. The summed E-state index contributed by atoms with van der Waals surface area (Å²) in [7, 11) is 1.23. The van der Waals surface area contributed by atoms with Crippen LogP contribution < -0.4 is 0 Å². The van der Waals surface area contributed by atoms with Gasteiger partial charge in [-0.05, 0) is 19.3 Å². The van der Waals surface area contributed by atoms with E-state index in [0.29, 0.717) is 25.8 Å². The normalized spacial score (nSPS) is 10.7. The highest BCUT2D eigenvalue weighted by Gasteiger charge is 2.16. The van der Waals surface area contributed by atoms with Gasteiger partial charge in [0.25, 0.3) is 0 Å². The Hall–Kier alpha value is -1.77. The van der Waals surface area contributed by atoms with Gasteiger partial charge in [-0.3, -0.25) is 0 Å². The van der Waals surface area contributed by atoms with Gasteiger partial charge in [0.15, 0.2) is 6.04 Å². The zero-order valence-corrected chi connectivity index (χ0v) is 8.43. The fourth-order valence-electron chi connectivity index (χ4n) is 1.01. The highest BCUT2D eigenvalue weighted by molar-refractivity contribution is 5.76. The van der Waals surface area contributed by atoms with Gasteiger partial charge < -0.3 is 4.74 Å². The predicted molar refractivity (Wildman–Crippen MR) is 50.8 cm³/mol. The van der Waals surface area contributed by atoms with Crippen LogP contribution in [0.3, 0.4) is 0 Å². The van der Waals surface area contributed by atoms with Crippen molar-refractivity contribution in [3.05, 3.63) is 0 Å². The van der Waals surface area contributed by atoms with Crippen molar-refractivity contribution in [2.24, 2.45) is 9.98 Å². The number of aliphatic imine (C=N–C) groups is 2. The molecule has 6 nitrogen and oxygen atoms in total. The molecule has 0 amide bonds. The number of hydrogen-bond acceptors (Lipinski definition) is 6. The molecule has 0 aromatic carbocycles. The van der Waals surface area contributed by atoms with Gasteiger partial charge in [-0.1, -0.05) is 0 Å². The van der Waals surface area contributed by atoms with E-state index in [9.17, 15) is 14.4 Å². The van der Waals surface area contributed by atoms with Gasteiger partial charge >= 0.3 is 5.97 Å². The van der Waals surface area contributed by atoms with Crippen molar-refractivity contribution < 1.29 is 19.1 Å². The molecule has 0 aromatic rings. The van der Waals surface area contributed by atoms with Gasteiger partial charge in [-0.2, -0.15) is 4.99 Å². The lowest BCUT2D eigenvalue weighted by atomic mass is 10.1. The summed E-state index contributed by atoms with van der Waals surface area (Å²) in [6.45, 7) is 0.363. The summed E-state index contributed by atoms with van der Waals surface area (Å²) in [5.74, 6) is -0.558. The molecular formula is C9H12N2O4. The minimum atomic E-state index is -0.798. The lowest BCUT2D eigenvalue weighted by Gasteiger charge is -2.06. The van der Waals surface area contributed by atoms with Crippen LogP contribution in [0.1, 0.15) is 19.3 Å². The number of rotatable bonds is 7. The van der Waals surface area contributed by atoms with Crippen LogP contribution in [0.2, 0.25) is 0 Å². The molecule has 0 rings (SSSR count). The Bertz CT molecular complexity index is 290. The van der Waals surface area contributed by atoms with Gasteiger partial charge in [0.05, 0.1) is 13.7 Å². The summed E-state index contributed by atoms with van der Waals surface area (Å²) in [6, 6.07) is -0.798. The molecule has 0 heterocycles. The van der Waals surface area contributed by atoms with Crippen molar-refractivity contribution in [3.8, 4) is 0 Å². The van der Waals surface area contributed by atoms with Gasteiger partial charge in [-0.15, -0.1) is 0 Å². The Balaban J connectivity index is 3.91. The number of esters is 1. The van der Waals surface area contributed by atoms with Crippen molar-refractivity contribution in [1.82, 2.24) is 0 Å². The number of isocyanates is 2. The number of unbranched alkanes of at least 4 members (excludes halogenated alkanes) is 1. The first-order chi connectivity index (χ1) is 7.26. The van der Waals surface area contributed by atoms with Crippen LogP contribution in [0.25, 0.3) is 0 Å². The zero-order valence-electron chi connectivity index (χ0n) is 8.43. The summed E-state index contributed by atoms with van der Waals surface area (Å²) < 4.78 is 4.45. The van der Waals surface area contributed by atoms with Crippen molar-refractivity contribution in [3.63, 3.8) is 0 Å². The monoisotopic (exact) mass is 212 g/mol. The van der Waals surface area contributed by atoms with Crippen LogP contribution in [0.15, 0.2) is 9.98 Å². The second kappa shape index (κ2) is 8.81. The number of carbonyl (C=O) groups is 1. The minimum Gasteiger partial charge on any atom is -0.467 e. The number of nitrogens with zero attached hydrogens (tertiary/aromatic N) is 2. The summed E-state index contributed by atoms with van der Waals surface area (Å²) >= 11 is 0. The lowest BCUT2D eigenvalue weighted by Crippen LogP contribution is -2.20. The Morgan fingerprint density at radius 3 is 2.60 bits per heavy atom. The molecule has 0 spiro atoms. The maximum Gasteiger partial charge on any atom is 0.331 e. The van der Waals surface area contributed by atoms with Crippen molar-refractivity contribution in [2.75, 3.05) is 13.7 Å². The molecule has 0 radical (unpaired) electrons. The van der Waals surface area contributed by atoms with E-state index in [1.165, 1.54) is 19.3 Å². The second-order valence-corrected chi connectivity index (χ2v) is 2.73. The first kappa shape index (κ1) is 13.2. The highest BCUT2D eigenvalue weighted by atomic mass is 16.5. The second-order valence-electron chi connectivity index (χ2n) is 2.73. The molecule has 0 N–H and O–H groups in total. The highest BCUT2D eigenvalue weighted by Crippen LogP contribution is 2.06. The molecule has 1 unspecified atom stereocenters. The van der Waals surface area contributed by atoms with E-state index >= 15 is 0 Å². The number of hydrogen-bond donors (Lipinski definition) is 0. The fraction of sp³-hybridized carbons (Fsp3) is 0.667. The smallest absolute Gasteiger partial charge is 0.331 e. The van der Waals surface area contributed by atoms with Crippen LogP contribution in [-0.2, 0) is 19.1 Å². The van der Waals surface area contributed by atoms with Gasteiger partial charge in [0.1, 0.15) is 0 Å². The van der Waals surface area contributed by atoms with Crippen LogP contribution in [0.4, 0.5) is 0 Å². The Kier molecular flexibility index (Phi) is 7.77. The van der Waals surface area contributed by atoms with Crippen molar-refractivity contribution in [1.29, 1.82) is 0 Å². The average Bonchev–Trinajstić information content (AvgIpc) is 2.26. The maximum atomic E-state index is 11.0. The Morgan fingerprint density at radius 2 is 2.07 bits per heavy atom. The molecule has 6 heteroatoms. The van der Waals surface area contributed by atoms with E-state index in [1.54, 1.807) is 0 Å². The van der Waals surface area contributed by atoms with Gasteiger partial charge in [0.2, 0.25) is 12.2 Å². The summed E-state index contributed by atoms with van der Waals surface area (Å²) in [5, 5.41) is 0. The van der Waals surface area contributed by atoms with Crippen molar-refractivity contribution in [2.45, 2.75) is 25.3 Å². The molecule has 1 atom stereocenters. The molecule has 0 aliphatic rings. The molecule has 0 aliphatic carbocycles. The predicted octanol–water partition coefficient (Wildman–Crippen LogP) is 0.370. The standard InChI is InChI=1S/C9H12N2O4/c1-15-9(14)8(11-7-13)4-2-3-5-10-6-12/h8H,2-5H2,1H3. The third-order valence-corrected chi connectivity index (χ3v) is 1.74. The molecule has 0 aliphatic heterocycles. The SMILES string of the molecule is COC(=O)C(CCCCN=C=O)N=C=O. The minimum absolute atomic E-state index is 0.363.